The fourth-order valence-electron chi connectivity index (χ4n) is 2.50. The standard InChI is InChI=1S/C21H22N4O2/c1-14(2)27-19-10-5-4-9-17(19)23-20-12-11-18(24-25-20)21(26)22-16-8-6-7-15(3)13-16/h4-14H,1-3H3,(H,22,26)(H,23,25). The molecule has 0 unspecified atom stereocenters. The van der Waals surface area contributed by atoms with Crippen molar-refractivity contribution < 1.29 is 9.53 Å². The summed E-state index contributed by atoms with van der Waals surface area (Å²) < 4.78 is 5.78. The quantitative estimate of drug-likeness (QED) is 0.672. The first-order valence-corrected chi connectivity index (χ1v) is 8.76. The van der Waals surface area contributed by atoms with Gasteiger partial charge in [-0.2, -0.15) is 0 Å². The molecule has 6 heteroatoms. The second-order valence-corrected chi connectivity index (χ2v) is 6.42. The topological polar surface area (TPSA) is 76.1 Å². The van der Waals surface area contributed by atoms with E-state index < -0.39 is 0 Å². The second kappa shape index (κ2) is 8.31. The average molecular weight is 362 g/mol. The van der Waals surface area contributed by atoms with Crippen molar-refractivity contribution in [1.82, 2.24) is 10.2 Å². The number of ether oxygens (including phenoxy) is 1. The molecule has 0 saturated heterocycles. The van der Waals surface area contributed by atoms with Crippen molar-refractivity contribution in [2.75, 3.05) is 10.6 Å². The number of rotatable bonds is 6. The van der Waals surface area contributed by atoms with Crippen LogP contribution in [-0.2, 0) is 0 Å². The Labute approximate surface area is 158 Å². The fourth-order valence-corrected chi connectivity index (χ4v) is 2.50. The van der Waals surface area contributed by atoms with Crippen molar-refractivity contribution >= 4 is 23.1 Å². The number of nitrogens with one attached hydrogen (secondary N) is 2. The molecule has 0 aliphatic rings. The van der Waals surface area contributed by atoms with Crippen LogP contribution in [0, 0.1) is 6.92 Å². The third-order valence-electron chi connectivity index (χ3n) is 3.69. The third-order valence-corrected chi connectivity index (χ3v) is 3.69. The summed E-state index contributed by atoms with van der Waals surface area (Å²) in [7, 11) is 0. The molecule has 27 heavy (non-hydrogen) atoms. The normalized spacial score (nSPS) is 10.5. The maximum Gasteiger partial charge on any atom is 0.276 e. The SMILES string of the molecule is Cc1cccc(NC(=O)c2ccc(Nc3ccccc3OC(C)C)nn2)c1. The lowest BCUT2D eigenvalue weighted by atomic mass is 10.2. The summed E-state index contributed by atoms with van der Waals surface area (Å²) in [6.07, 6.45) is 0.0618. The van der Waals surface area contributed by atoms with Gasteiger partial charge in [0.05, 0.1) is 11.8 Å². The molecule has 1 heterocycles. The predicted molar refractivity (Wildman–Crippen MR) is 107 cm³/mol. The van der Waals surface area contributed by atoms with Crippen LogP contribution in [0.2, 0.25) is 0 Å². The van der Waals surface area contributed by atoms with Crippen molar-refractivity contribution in [3.63, 3.8) is 0 Å². The number of hydrogen-bond donors (Lipinski definition) is 2. The van der Waals surface area contributed by atoms with E-state index in [1.54, 1.807) is 12.1 Å². The van der Waals surface area contributed by atoms with Crippen LogP contribution in [0.25, 0.3) is 0 Å². The average Bonchev–Trinajstić information content (AvgIpc) is 2.63. The van der Waals surface area contributed by atoms with Crippen LogP contribution < -0.4 is 15.4 Å². The maximum atomic E-state index is 12.3. The molecular formula is C21H22N4O2. The zero-order valence-corrected chi connectivity index (χ0v) is 15.6. The number of amides is 1. The summed E-state index contributed by atoms with van der Waals surface area (Å²) in [5.74, 6) is 0.959. The first-order valence-electron chi connectivity index (χ1n) is 8.76. The molecule has 2 aromatic carbocycles. The Morgan fingerprint density at radius 2 is 1.81 bits per heavy atom. The minimum Gasteiger partial charge on any atom is -0.489 e. The molecule has 0 aliphatic heterocycles. The Balaban J connectivity index is 1.70. The van der Waals surface area contributed by atoms with Gasteiger partial charge in [-0.15, -0.1) is 10.2 Å². The van der Waals surface area contributed by atoms with Gasteiger partial charge in [0, 0.05) is 5.69 Å². The van der Waals surface area contributed by atoms with Crippen LogP contribution in [0.15, 0.2) is 60.7 Å². The van der Waals surface area contributed by atoms with E-state index >= 15 is 0 Å². The number of nitrogens with zero attached hydrogens (tertiary/aromatic N) is 2. The molecule has 0 bridgehead atoms. The summed E-state index contributed by atoms with van der Waals surface area (Å²) in [5.41, 5.74) is 2.83. The highest BCUT2D eigenvalue weighted by molar-refractivity contribution is 6.02. The van der Waals surface area contributed by atoms with E-state index in [2.05, 4.69) is 20.8 Å². The van der Waals surface area contributed by atoms with E-state index in [1.807, 2.05) is 69.3 Å². The van der Waals surface area contributed by atoms with E-state index in [0.29, 0.717) is 5.82 Å². The van der Waals surface area contributed by atoms with Crippen LogP contribution >= 0.6 is 0 Å². The molecule has 0 saturated carbocycles. The molecule has 0 atom stereocenters. The summed E-state index contributed by atoms with van der Waals surface area (Å²) in [4.78, 5) is 12.3. The van der Waals surface area contributed by atoms with Crippen LogP contribution in [-0.4, -0.2) is 22.2 Å². The Hall–Kier alpha value is -3.41. The van der Waals surface area contributed by atoms with Gasteiger partial charge in [-0.1, -0.05) is 24.3 Å². The van der Waals surface area contributed by atoms with Crippen molar-refractivity contribution in [2.24, 2.45) is 0 Å². The lowest BCUT2D eigenvalue weighted by Gasteiger charge is -2.14. The molecule has 0 fully saturated rings. The predicted octanol–water partition coefficient (Wildman–Crippen LogP) is 4.57. The van der Waals surface area contributed by atoms with Gasteiger partial charge in [-0.25, -0.2) is 0 Å². The van der Waals surface area contributed by atoms with E-state index in [1.165, 1.54) is 0 Å². The maximum absolute atomic E-state index is 12.3. The summed E-state index contributed by atoms with van der Waals surface area (Å²) in [6, 6.07) is 18.5. The third kappa shape index (κ3) is 5.04. The van der Waals surface area contributed by atoms with Gasteiger partial charge < -0.3 is 15.4 Å². The molecule has 3 rings (SSSR count). The van der Waals surface area contributed by atoms with Crippen molar-refractivity contribution in [3.05, 3.63) is 71.9 Å². The smallest absolute Gasteiger partial charge is 0.276 e. The van der Waals surface area contributed by atoms with Gasteiger partial charge >= 0.3 is 0 Å². The minimum absolute atomic E-state index is 0.0618. The van der Waals surface area contributed by atoms with Gasteiger partial charge in [0.25, 0.3) is 5.91 Å². The molecule has 0 radical (unpaired) electrons. The zero-order valence-electron chi connectivity index (χ0n) is 15.6. The van der Waals surface area contributed by atoms with Crippen LogP contribution in [0.4, 0.5) is 17.2 Å². The molecule has 1 aromatic heterocycles. The molecule has 3 aromatic rings. The second-order valence-electron chi connectivity index (χ2n) is 6.42. The van der Waals surface area contributed by atoms with Gasteiger partial charge in [-0.05, 0) is 62.7 Å². The Morgan fingerprint density at radius 3 is 2.52 bits per heavy atom. The van der Waals surface area contributed by atoms with E-state index in [4.69, 9.17) is 4.74 Å². The van der Waals surface area contributed by atoms with Crippen LogP contribution in [0.3, 0.4) is 0 Å². The minimum atomic E-state index is -0.303. The Morgan fingerprint density at radius 1 is 1.00 bits per heavy atom. The van der Waals surface area contributed by atoms with Gasteiger partial charge in [0.2, 0.25) is 0 Å². The summed E-state index contributed by atoms with van der Waals surface area (Å²) in [6.45, 7) is 5.91. The number of carbonyl (C=O) groups excluding carboxylic acids is 1. The lowest BCUT2D eigenvalue weighted by Crippen LogP contribution is -2.14. The van der Waals surface area contributed by atoms with Crippen molar-refractivity contribution in [1.29, 1.82) is 0 Å². The van der Waals surface area contributed by atoms with Crippen molar-refractivity contribution in [2.45, 2.75) is 26.9 Å². The molecule has 1 amide bonds. The number of benzene rings is 2. The highest BCUT2D eigenvalue weighted by Crippen LogP contribution is 2.27. The van der Waals surface area contributed by atoms with E-state index in [-0.39, 0.29) is 17.7 Å². The van der Waals surface area contributed by atoms with Crippen LogP contribution in [0.5, 0.6) is 5.75 Å². The Kier molecular flexibility index (Phi) is 5.66. The molecular weight excluding hydrogens is 340 g/mol. The van der Waals surface area contributed by atoms with E-state index in [0.717, 1.165) is 22.7 Å². The molecule has 6 nitrogen and oxygen atoms in total. The zero-order chi connectivity index (χ0) is 19.2. The van der Waals surface area contributed by atoms with E-state index in [9.17, 15) is 4.79 Å². The highest BCUT2D eigenvalue weighted by atomic mass is 16.5. The number of aromatic nitrogens is 2. The Bertz CT molecular complexity index is 923. The number of aryl methyl sites for hydroxylation is 1. The highest BCUT2D eigenvalue weighted by Gasteiger charge is 2.10. The number of anilines is 3. The first-order chi connectivity index (χ1) is 13.0. The largest absolute Gasteiger partial charge is 0.489 e. The van der Waals surface area contributed by atoms with Gasteiger partial charge in [-0.3, -0.25) is 4.79 Å². The summed E-state index contributed by atoms with van der Waals surface area (Å²) >= 11 is 0. The van der Waals surface area contributed by atoms with Crippen LogP contribution in [0.1, 0.15) is 29.9 Å². The monoisotopic (exact) mass is 362 g/mol. The number of carbonyl (C=O) groups is 1. The van der Waals surface area contributed by atoms with Crippen molar-refractivity contribution in [3.8, 4) is 5.75 Å². The molecule has 138 valence electrons. The first kappa shape index (κ1) is 18.4. The summed E-state index contributed by atoms with van der Waals surface area (Å²) in [5, 5.41) is 14.1. The number of para-hydroxylation sites is 2. The molecule has 0 spiro atoms. The fraction of sp³-hybridized carbons (Fsp3) is 0.190. The van der Waals surface area contributed by atoms with Gasteiger partial charge in [0.1, 0.15) is 5.75 Å². The molecule has 0 aliphatic carbocycles. The number of hydrogen-bond acceptors (Lipinski definition) is 5. The van der Waals surface area contributed by atoms with Gasteiger partial charge in [0.15, 0.2) is 11.5 Å². The lowest BCUT2D eigenvalue weighted by molar-refractivity contribution is 0.102. The molecule has 2 N–H and O–H groups in total.